The molecule has 1 aromatic heterocycles. The summed E-state index contributed by atoms with van der Waals surface area (Å²) in [5.74, 6) is -0.637. The molecule has 0 fully saturated rings. The van der Waals surface area contributed by atoms with Crippen LogP contribution >= 0.6 is 23.6 Å². The van der Waals surface area contributed by atoms with Crippen LogP contribution in [-0.2, 0) is 11.2 Å². The number of thiocarbonyl (C=S) groups is 1. The van der Waals surface area contributed by atoms with E-state index in [1.165, 1.54) is 11.3 Å². The number of thiophene rings is 1. The molecule has 2 aromatic rings. The van der Waals surface area contributed by atoms with Gasteiger partial charge in [0.05, 0.1) is 5.56 Å². The molecule has 5 nitrogen and oxygen atoms in total. The largest absolute Gasteiger partial charge is 0.365 e. The van der Waals surface area contributed by atoms with Gasteiger partial charge in [-0.2, -0.15) is 0 Å². The third kappa shape index (κ3) is 6.15. The van der Waals surface area contributed by atoms with Gasteiger partial charge in [-0.3, -0.25) is 9.59 Å². The van der Waals surface area contributed by atoms with Gasteiger partial charge in [0.1, 0.15) is 5.00 Å². The maximum absolute atomic E-state index is 11.9. The molecule has 0 saturated carbocycles. The minimum absolute atomic E-state index is 0.126. The van der Waals surface area contributed by atoms with Crippen LogP contribution in [0.1, 0.15) is 59.0 Å². The van der Waals surface area contributed by atoms with E-state index in [1.54, 1.807) is 0 Å². The van der Waals surface area contributed by atoms with Crippen molar-refractivity contribution >= 4 is 45.5 Å². The van der Waals surface area contributed by atoms with Crippen molar-refractivity contribution in [1.29, 1.82) is 0 Å². The molecule has 2 amide bonds. The zero-order valence-electron chi connectivity index (χ0n) is 15.6. The van der Waals surface area contributed by atoms with Crippen LogP contribution in [0.3, 0.4) is 0 Å². The Hall–Kier alpha value is -2.25. The van der Waals surface area contributed by atoms with E-state index >= 15 is 0 Å². The number of carbonyl (C=O) groups excluding carboxylic acids is 2. The van der Waals surface area contributed by atoms with E-state index in [2.05, 4.69) is 17.6 Å². The second kappa shape index (κ2) is 10.2. The molecule has 1 heterocycles. The Morgan fingerprint density at radius 2 is 1.89 bits per heavy atom. The topological polar surface area (TPSA) is 84.2 Å². The van der Waals surface area contributed by atoms with Crippen LogP contribution in [0.5, 0.6) is 0 Å². The van der Waals surface area contributed by atoms with Crippen LogP contribution in [0.15, 0.2) is 30.3 Å². The number of unbranched alkanes of at least 4 members (excludes halogenated alkanes) is 2. The third-order valence-corrected chi connectivity index (χ3v) is 5.60. The fourth-order valence-corrected chi connectivity index (χ4v) is 4.28. The molecule has 4 N–H and O–H groups in total. The van der Waals surface area contributed by atoms with Crippen molar-refractivity contribution in [3.05, 3.63) is 51.9 Å². The molecule has 0 unspecified atom stereocenters. The van der Waals surface area contributed by atoms with Crippen LogP contribution in [0.2, 0.25) is 0 Å². The molecule has 144 valence electrons. The summed E-state index contributed by atoms with van der Waals surface area (Å²) in [7, 11) is 0. The third-order valence-electron chi connectivity index (χ3n) is 4.19. The van der Waals surface area contributed by atoms with Gasteiger partial charge in [0, 0.05) is 17.7 Å². The highest BCUT2D eigenvalue weighted by Crippen LogP contribution is 2.34. The lowest BCUT2D eigenvalue weighted by molar-refractivity contribution is -0.119. The van der Waals surface area contributed by atoms with Crippen molar-refractivity contribution < 1.29 is 9.59 Å². The first-order valence-corrected chi connectivity index (χ1v) is 10.2. The lowest BCUT2D eigenvalue weighted by Crippen LogP contribution is -2.34. The molecule has 0 aliphatic heterocycles. The number of anilines is 1. The van der Waals surface area contributed by atoms with E-state index in [9.17, 15) is 9.59 Å². The lowest BCUT2D eigenvalue weighted by Gasteiger charge is -2.09. The number of nitrogens with one attached hydrogen (secondary N) is 2. The number of carbonyl (C=O) groups is 2. The van der Waals surface area contributed by atoms with Gasteiger partial charge in [-0.25, -0.2) is 0 Å². The maximum Gasteiger partial charge on any atom is 0.251 e. The molecule has 0 atom stereocenters. The molecule has 0 radical (unpaired) electrons. The summed E-state index contributed by atoms with van der Waals surface area (Å²) in [5, 5.41) is 6.41. The maximum atomic E-state index is 11.9. The highest BCUT2D eigenvalue weighted by molar-refractivity contribution is 7.80. The monoisotopic (exact) mass is 403 g/mol. The average molecular weight is 404 g/mol. The molecule has 0 aliphatic rings. The number of rotatable bonds is 8. The van der Waals surface area contributed by atoms with Gasteiger partial charge < -0.3 is 16.4 Å². The Morgan fingerprint density at radius 3 is 2.52 bits per heavy atom. The number of nitrogens with two attached hydrogens (primary N) is 1. The molecule has 0 aliphatic carbocycles. The SMILES string of the molecule is CCCCCC(=O)NC(=S)Nc1sc(Cc2ccccc2)c(C)c1C(N)=O. The Bertz CT molecular complexity index is 816. The molecule has 27 heavy (non-hydrogen) atoms. The van der Waals surface area contributed by atoms with E-state index in [-0.39, 0.29) is 11.0 Å². The minimum Gasteiger partial charge on any atom is -0.365 e. The molecule has 2 rings (SSSR count). The van der Waals surface area contributed by atoms with Gasteiger partial charge in [-0.15, -0.1) is 11.3 Å². The van der Waals surface area contributed by atoms with Crippen molar-refractivity contribution in [3.8, 4) is 0 Å². The predicted molar refractivity (Wildman–Crippen MR) is 115 cm³/mol. The summed E-state index contributed by atoms with van der Waals surface area (Å²) < 4.78 is 0. The first-order chi connectivity index (χ1) is 12.9. The van der Waals surface area contributed by atoms with Crippen LogP contribution in [0.25, 0.3) is 0 Å². The Kier molecular flexibility index (Phi) is 7.94. The van der Waals surface area contributed by atoms with Crippen molar-refractivity contribution in [2.24, 2.45) is 5.73 Å². The summed E-state index contributed by atoms with van der Waals surface area (Å²) in [6, 6.07) is 10.0. The normalized spacial score (nSPS) is 10.4. The van der Waals surface area contributed by atoms with E-state index in [0.717, 1.165) is 35.3 Å². The Balaban J connectivity index is 2.11. The predicted octanol–water partition coefficient (Wildman–Crippen LogP) is 4.14. The van der Waals surface area contributed by atoms with E-state index in [1.807, 2.05) is 37.3 Å². The number of benzene rings is 1. The fourth-order valence-electron chi connectivity index (χ4n) is 2.75. The standard InChI is InChI=1S/C20H25N3O2S2/c1-3-4-6-11-16(24)22-20(26)23-19-17(18(21)25)13(2)15(27-19)12-14-9-7-5-8-10-14/h5,7-10H,3-4,6,11-12H2,1-2H3,(H2,21,25)(H2,22,23,24,26). The van der Waals surface area contributed by atoms with Gasteiger partial charge in [-0.05, 0) is 36.7 Å². The van der Waals surface area contributed by atoms with Crippen LogP contribution in [0.4, 0.5) is 5.00 Å². The van der Waals surface area contributed by atoms with Crippen molar-refractivity contribution in [2.75, 3.05) is 5.32 Å². The van der Waals surface area contributed by atoms with Crippen molar-refractivity contribution in [3.63, 3.8) is 0 Å². The summed E-state index contributed by atoms with van der Waals surface area (Å²) in [6.45, 7) is 3.97. The van der Waals surface area contributed by atoms with Crippen molar-refractivity contribution in [2.45, 2.75) is 46.0 Å². The van der Waals surface area contributed by atoms with Gasteiger partial charge >= 0.3 is 0 Å². The second-order valence-corrected chi connectivity index (χ2v) is 7.85. The summed E-state index contributed by atoms with van der Waals surface area (Å²) in [6.07, 6.45) is 4.02. The number of primary amides is 1. The second-order valence-electron chi connectivity index (χ2n) is 6.34. The quantitative estimate of drug-likeness (QED) is 0.457. The molecule has 0 spiro atoms. The van der Waals surface area contributed by atoms with Crippen molar-refractivity contribution in [1.82, 2.24) is 5.32 Å². The van der Waals surface area contributed by atoms with Gasteiger partial charge in [0.15, 0.2) is 5.11 Å². The molecular weight excluding hydrogens is 378 g/mol. The van der Waals surface area contributed by atoms with E-state index in [4.69, 9.17) is 18.0 Å². The van der Waals surface area contributed by atoms with Gasteiger partial charge in [-0.1, -0.05) is 50.1 Å². The van der Waals surface area contributed by atoms with Crippen LogP contribution in [0, 0.1) is 6.92 Å². The summed E-state index contributed by atoms with van der Waals surface area (Å²) >= 11 is 6.67. The minimum atomic E-state index is -0.511. The summed E-state index contributed by atoms with van der Waals surface area (Å²) in [4.78, 5) is 24.9. The Morgan fingerprint density at radius 1 is 1.19 bits per heavy atom. The fraction of sp³-hybridized carbons (Fsp3) is 0.350. The average Bonchev–Trinajstić information content (AvgIpc) is 2.91. The molecule has 1 aromatic carbocycles. The smallest absolute Gasteiger partial charge is 0.251 e. The summed E-state index contributed by atoms with van der Waals surface area (Å²) in [5.41, 5.74) is 7.99. The highest BCUT2D eigenvalue weighted by atomic mass is 32.1. The van der Waals surface area contributed by atoms with Gasteiger partial charge in [0.25, 0.3) is 5.91 Å². The molecule has 7 heteroatoms. The Labute approximate surface area is 169 Å². The zero-order chi connectivity index (χ0) is 19.8. The number of hydrogen-bond donors (Lipinski definition) is 3. The first-order valence-electron chi connectivity index (χ1n) is 8.99. The number of hydrogen-bond acceptors (Lipinski definition) is 4. The molecular formula is C20H25N3O2S2. The van der Waals surface area contributed by atoms with E-state index in [0.29, 0.717) is 23.4 Å². The highest BCUT2D eigenvalue weighted by Gasteiger charge is 2.20. The first kappa shape index (κ1) is 21.1. The van der Waals surface area contributed by atoms with E-state index < -0.39 is 5.91 Å². The number of amides is 2. The van der Waals surface area contributed by atoms with Gasteiger partial charge in [0.2, 0.25) is 5.91 Å². The zero-order valence-corrected chi connectivity index (χ0v) is 17.3. The molecule has 0 saturated heterocycles. The van der Waals surface area contributed by atoms with Crippen LogP contribution < -0.4 is 16.4 Å². The molecule has 0 bridgehead atoms. The van der Waals surface area contributed by atoms with Crippen LogP contribution in [-0.4, -0.2) is 16.9 Å². The lowest BCUT2D eigenvalue weighted by atomic mass is 10.1.